The van der Waals surface area contributed by atoms with Gasteiger partial charge in [-0.3, -0.25) is 0 Å². The molecule has 4 aromatic carbocycles. The van der Waals surface area contributed by atoms with Crippen LogP contribution >= 0.6 is 11.3 Å². The quantitative estimate of drug-likeness (QED) is 0.305. The first-order valence-electron chi connectivity index (χ1n) is 9.45. The van der Waals surface area contributed by atoms with Crippen molar-refractivity contribution in [2.45, 2.75) is 12.8 Å². The predicted molar refractivity (Wildman–Crippen MR) is 117 cm³/mol. The van der Waals surface area contributed by atoms with Crippen LogP contribution in [0.1, 0.15) is 22.3 Å². The summed E-state index contributed by atoms with van der Waals surface area (Å²) in [4.78, 5) is 0. The molecule has 0 saturated heterocycles. The van der Waals surface area contributed by atoms with E-state index in [1.54, 1.807) is 0 Å². The van der Waals surface area contributed by atoms with Crippen molar-refractivity contribution in [2.75, 3.05) is 0 Å². The lowest BCUT2D eigenvalue weighted by Gasteiger charge is -2.23. The van der Waals surface area contributed by atoms with E-state index in [9.17, 15) is 0 Å². The van der Waals surface area contributed by atoms with Crippen LogP contribution < -0.4 is 0 Å². The van der Waals surface area contributed by atoms with Crippen molar-refractivity contribution >= 4 is 32.2 Å². The molecule has 1 aliphatic carbocycles. The first-order chi connectivity index (χ1) is 13.4. The Labute approximate surface area is 162 Å². The van der Waals surface area contributed by atoms with E-state index in [2.05, 4.69) is 84.2 Å². The number of benzene rings is 4. The monoisotopic (exact) mass is 362 g/mol. The van der Waals surface area contributed by atoms with E-state index in [1.165, 1.54) is 54.2 Å². The molecule has 0 radical (unpaired) electrons. The summed E-state index contributed by atoms with van der Waals surface area (Å²) in [5.41, 5.74) is 8.66. The molecule has 0 aliphatic heterocycles. The second-order valence-electron chi connectivity index (χ2n) is 7.37. The van der Waals surface area contributed by atoms with Crippen molar-refractivity contribution in [3.05, 3.63) is 106 Å². The molecule has 0 unspecified atom stereocenters. The lowest BCUT2D eigenvalue weighted by molar-refractivity contribution is 1.11. The second-order valence-corrected chi connectivity index (χ2v) is 8.29. The second kappa shape index (κ2) is 5.80. The topological polar surface area (TPSA) is 0 Å². The van der Waals surface area contributed by atoms with Crippen LogP contribution in [-0.4, -0.2) is 0 Å². The standard InChI is InChI=1S/C26H18S/c1-2-8-21-18(6-1)15-24-19(13-12-17-7-5-10-23(21)26(17)24)14-20-16-27-25-11-4-3-9-22(20)25/h1-13,16H,14-15H2. The molecule has 6 rings (SSSR count). The third kappa shape index (κ3) is 2.28. The molecule has 27 heavy (non-hydrogen) atoms. The zero-order valence-corrected chi connectivity index (χ0v) is 15.7. The van der Waals surface area contributed by atoms with E-state index >= 15 is 0 Å². The Kier molecular flexibility index (Phi) is 3.26. The summed E-state index contributed by atoms with van der Waals surface area (Å²) >= 11 is 1.86. The molecule has 0 nitrogen and oxygen atoms in total. The van der Waals surface area contributed by atoms with Gasteiger partial charge in [-0.05, 0) is 73.8 Å². The summed E-state index contributed by atoms with van der Waals surface area (Å²) in [6.07, 6.45) is 2.04. The highest BCUT2D eigenvalue weighted by Crippen LogP contribution is 2.41. The number of thiophene rings is 1. The molecule has 1 aliphatic rings. The summed E-state index contributed by atoms with van der Waals surface area (Å²) in [6.45, 7) is 0. The molecule has 0 N–H and O–H groups in total. The molecule has 0 fully saturated rings. The molecule has 1 heteroatoms. The van der Waals surface area contributed by atoms with Crippen molar-refractivity contribution in [1.82, 2.24) is 0 Å². The van der Waals surface area contributed by atoms with E-state index in [0.717, 1.165) is 12.8 Å². The molecular formula is C26H18S. The summed E-state index contributed by atoms with van der Waals surface area (Å²) in [7, 11) is 0. The maximum absolute atomic E-state index is 2.35. The van der Waals surface area contributed by atoms with Gasteiger partial charge in [0.15, 0.2) is 0 Å². The van der Waals surface area contributed by atoms with Crippen LogP contribution in [0, 0.1) is 0 Å². The first kappa shape index (κ1) is 15.2. The third-order valence-corrected chi connectivity index (χ3v) is 6.88. The van der Waals surface area contributed by atoms with E-state index in [1.807, 2.05) is 11.3 Å². The first-order valence-corrected chi connectivity index (χ1v) is 10.3. The van der Waals surface area contributed by atoms with Crippen LogP contribution in [0.2, 0.25) is 0 Å². The third-order valence-electron chi connectivity index (χ3n) is 5.87. The van der Waals surface area contributed by atoms with Gasteiger partial charge in [-0.2, -0.15) is 0 Å². The molecule has 5 aromatic rings. The summed E-state index contributed by atoms with van der Waals surface area (Å²) in [5.74, 6) is 0. The fourth-order valence-electron chi connectivity index (χ4n) is 4.59. The van der Waals surface area contributed by atoms with Gasteiger partial charge < -0.3 is 0 Å². The zero-order chi connectivity index (χ0) is 17.8. The molecule has 0 atom stereocenters. The molecule has 0 saturated carbocycles. The molecule has 1 heterocycles. The van der Waals surface area contributed by atoms with E-state index in [-0.39, 0.29) is 0 Å². The van der Waals surface area contributed by atoms with Crippen LogP contribution in [-0.2, 0) is 12.8 Å². The summed E-state index contributed by atoms with van der Waals surface area (Å²) < 4.78 is 1.38. The molecule has 0 amide bonds. The number of rotatable bonds is 2. The molecule has 128 valence electrons. The fraction of sp³-hybridized carbons (Fsp3) is 0.0769. The number of fused-ring (bicyclic) bond motifs is 3. The van der Waals surface area contributed by atoms with Crippen LogP contribution in [0.4, 0.5) is 0 Å². The Morgan fingerprint density at radius 3 is 2.56 bits per heavy atom. The van der Waals surface area contributed by atoms with E-state index in [0.29, 0.717) is 0 Å². The van der Waals surface area contributed by atoms with Crippen LogP contribution in [0.3, 0.4) is 0 Å². The molecule has 1 aromatic heterocycles. The predicted octanol–water partition coefficient (Wildman–Crippen LogP) is 7.22. The van der Waals surface area contributed by atoms with Gasteiger partial charge in [-0.15, -0.1) is 11.3 Å². The van der Waals surface area contributed by atoms with Gasteiger partial charge in [0, 0.05) is 4.70 Å². The largest absolute Gasteiger partial charge is 0.144 e. The number of hydrogen-bond donors (Lipinski definition) is 0. The highest BCUT2D eigenvalue weighted by atomic mass is 32.1. The Balaban J connectivity index is 1.58. The fourth-order valence-corrected chi connectivity index (χ4v) is 5.55. The maximum atomic E-state index is 2.35. The van der Waals surface area contributed by atoms with Gasteiger partial charge >= 0.3 is 0 Å². The molecular weight excluding hydrogens is 344 g/mol. The van der Waals surface area contributed by atoms with Crippen LogP contribution in [0.15, 0.2) is 84.2 Å². The Morgan fingerprint density at radius 1 is 0.704 bits per heavy atom. The van der Waals surface area contributed by atoms with Crippen molar-refractivity contribution in [3.8, 4) is 11.1 Å². The average Bonchev–Trinajstić information content (AvgIpc) is 3.13. The zero-order valence-electron chi connectivity index (χ0n) is 14.9. The smallest absolute Gasteiger partial charge is 0.0345 e. The highest BCUT2D eigenvalue weighted by Gasteiger charge is 2.20. The van der Waals surface area contributed by atoms with Crippen molar-refractivity contribution in [3.63, 3.8) is 0 Å². The van der Waals surface area contributed by atoms with Crippen molar-refractivity contribution in [2.24, 2.45) is 0 Å². The minimum Gasteiger partial charge on any atom is -0.144 e. The summed E-state index contributed by atoms with van der Waals surface area (Å²) in [5, 5.41) is 6.55. The van der Waals surface area contributed by atoms with Crippen molar-refractivity contribution < 1.29 is 0 Å². The van der Waals surface area contributed by atoms with E-state index in [4.69, 9.17) is 0 Å². The van der Waals surface area contributed by atoms with Gasteiger partial charge in [0.2, 0.25) is 0 Å². The lowest BCUT2D eigenvalue weighted by Crippen LogP contribution is -2.05. The molecule has 0 spiro atoms. The Hall–Kier alpha value is -2.90. The van der Waals surface area contributed by atoms with Gasteiger partial charge in [0.1, 0.15) is 0 Å². The van der Waals surface area contributed by atoms with Crippen LogP contribution in [0.5, 0.6) is 0 Å². The van der Waals surface area contributed by atoms with Gasteiger partial charge in [0.05, 0.1) is 0 Å². The minimum absolute atomic E-state index is 1.01. The van der Waals surface area contributed by atoms with Crippen molar-refractivity contribution in [1.29, 1.82) is 0 Å². The number of hydrogen-bond acceptors (Lipinski definition) is 1. The SMILES string of the molecule is c1ccc2c(c1)Cc1c(Cc3csc4ccccc34)ccc3cccc-2c13. The normalized spacial score (nSPS) is 12.4. The minimum atomic E-state index is 1.01. The highest BCUT2D eigenvalue weighted by molar-refractivity contribution is 7.17. The average molecular weight is 362 g/mol. The van der Waals surface area contributed by atoms with E-state index < -0.39 is 0 Å². The van der Waals surface area contributed by atoms with Gasteiger partial charge in [-0.1, -0.05) is 72.8 Å². The Bertz CT molecular complexity index is 1320. The maximum Gasteiger partial charge on any atom is 0.0345 e. The summed E-state index contributed by atoms with van der Waals surface area (Å²) in [6, 6.07) is 29.0. The van der Waals surface area contributed by atoms with Gasteiger partial charge in [0.25, 0.3) is 0 Å². The molecule has 0 bridgehead atoms. The Morgan fingerprint density at radius 2 is 1.56 bits per heavy atom. The van der Waals surface area contributed by atoms with Gasteiger partial charge in [-0.25, -0.2) is 0 Å². The van der Waals surface area contributed by atoms with Crippen LogP contribution in [0.25, 0.3) is 32.0 Å². The lowest BCUT2D eigenvalue weighted by atomic mass is 9.80.